The molecule has 0 aromatic carbocycles. The zero-order valence-electron chi connectivity index (χ0n) is 7.06. The first-order chi connectivity index (χ1) is 6.36. The van der Waals surface area contributed by atoms with Gasteiger partial charge in [0.25, 0.3) is 0 Å². The molecule has 1 fully saturated rings. The van der Waals surface area contributed by atoms with Crippen molar-refractivity contribution in [3.8, 4) is 0 Å². The smallest absolute Gasteiger partial charge is 0.246 e. The molecule has 0 aliphatic carbocycles. The van der Waals surface area contributed by atoms with Gasteiger partial charge in [-0.15, -0.1) is 0 Å². The van der Waals surface area contributed by atoms with E-state index in [0.717, 1.165) is 5.69 Å². The molecule has 1 N–H and O–H groups in total. The lowest BCUT2D eigenvalue weighted by atomic mass is 10.2. The molecule has 2 rings (SSSR count). The van der Waals surface area contributed by atoms with Crippen molar-refractivity contribution < 1.29 is 9.53 Å². The number of morpholine rings is 1. The molecule has 0 bridgehead atoms. The molecule has 4 nitrogen and oxygen atoms in total. The Labute approximate surface area is 75.9 Å². The summed E-state index contributed by atoms with van der Waals surface area (Å²) < 4.78 is 5.10. The monoisotopic (exact) mass is 178 g/mol. The first kappa shape index (κ1) is 8.19. The van der Waals surface area contributed by atoms with E-state index in [-0.39, 0.29) is 18.6 Å². The number of rotatable bonds is 1. The van der Waals surface area contributed by atoms with Crippen molar-refractivity contribution in [1.29, 1.82) is 0 Å². The fourth-order valence-corrected chi connectivity index (χ4v) is 1.29. The molecule has 4 heteroatoms. The molecule has 1 aliphatic rings. The molecule has 1 aromatic heterocycles. The first-order valence-corrected chi connectivity index (χ1v) is 4.14. The van der Waals surface area contributed by atoms with Crippen molar-refractivity contribution in [2.24, 2.45) is 0 Å². The summed E-state index contributed by atoms with van der Waals surface area (Å²) >= 11 is 0. The minimum absolute atomic E-state index is 0.0816. The zero-order chi connectivity index (χ0) is 9.10. The Hall–Kier alpha value is -1.42. The van der Waals surface area contributed by atoms with E-state index in [9.17, 15) is 4.79 Å². The number of hydrogen-bond donors (Lipinski definition) is 1. The van der Waals surface area contributed by atoms with Crippen LogP contribution in [0.3, 0.4) is 0 Å². The Morgan fingerprint density at radius 1 is 1.54 bits per heavy atom. The van der Waals surface area contributed by atoms with Crippen molar-refractivity contribution in [2.75, 3.05) is 13.2 Å². The number of carbonyl (C=O) groups excluding carboxylic acids is 1. The van der Waals surface area contributed by atoms with Crippen LogP contribution >= 0.6 is 0 Å². The Morgan fingerprint density at radius 3 is 3.15 bits per heavy atom. The Morgan fingerprint density at radius 2 is 2.46 bits per heavy atom. The van der Waals surface area contributed by atoms with Crippen LogP contribution < -0.4 is 5.32 Å². The van der Waals surface area contributed by atoms with E-state index in [0.29, 0.717) is 6.61 Å². The van der Waals surface area contributed by atoms with Crippen LogP contribution in [0.25, 0.3) is 0 Å². The van der Waals surface area contributed by atoms with Crippen molar-refractivity contribution in [3.05, 3.63) is 30.1 Å². The lowest BCUT2D eigenvalue weighted by Crippen LogP contribution is -2.40. The van der Waals surface area contributed by atoms with Gasteiger partial charge >= 0.3 is 0 Å². The van der Waals surface area contributed by atoms with E-state index in [1.807, 2.05) is 18.2 Å². The molecule has 68 valence electrons. The van der Waals surface area contributed by atoms with Gasteiger partial charge in [0.15, 0.2) is 0 Å². The van der Waals surface area contributed by atoms with Crippen LogP contribution in [-0.2, 0) is 9.53 Å². The molecular formula is C9H10N2O2. The standard InChI is InChI=1S/C9H10N2O2/c12-9-6-13-5-8(11-9)7-3-1-2-4-10-7/h1-4,8H,5-6H2,(H,11,12). The number of aromatic nitrogens is 1. The van der Waals surface area contributed by atoms with Crippen LogP contribution in [0.4, 0.5) is 0 Å². The third kappa shape index (κ3) is 1.84. The minimum Gasteiger partial charge on any atom is -0.369 e. The number of nitrogens with zero attached hydrogens (tertiary/aromatic N) is 1. The maximum Gasteiger partial charge on any atom is 0.246 e. The molecule has 0 spiro atoms. The number of nitrogens with one attached hydrogen (secondary N) is 1. The molecule has 1 aliphatic heterocycles. The maximum absolute atomic E-state index is 11.0. The molecule has 1 atom stereocenters. The van der Waals surface area contributed by atoms with Gasteiger partial charge in [-0.2, -0.15) is 0 Å². The van der Waals surface area contributed by atoms with Gasteiger partial charge in [-0.1, -0.05) is 6.07 Å². The summed E-state index contributed by atoms with van der Waals surface area (Å²) in [5.41, 5.74) is 0.843. The van der Waals surface area contributed by atoms with Gasteiger partial charge in [-0.25, -0.2) is 0 Å². The highest BCUT2D eigenvalue weighted by Crippen LogP contribution is 2.12. The third-order valence-corrected chi connectivity index (χ3v) is 1.90. The lowest BCUT2D eigenvalue weighted by Gasteiger charge is -2.22. The second kappa shape index (κ2) is 3.53. The van der Waals surface area contributed by atoms with Crippen LogP contribution in [0, 0.1) is 0 Å². The number of pyridine rings is 1. The first-order valence-electron chi connectivity index (χ1n) is 4.14. The van der Waals surface area contributed by atoms with Gasteiger partial charge in [0.05, 0.1) is 18.3 Å². The molecule has 1 aromatic rings. The van der Waals surface area contributed by atoms with Crippen LogP contribution in [0.1, 0.15) is 11.7 Å². The fourth-order valence-electron chi connectivity index (χ4n) is 1.29. The minimum atomic E-state index is -0.0950. The van der Waals surface area contributed by atoms with Crippen molar-refractivity contribution in [1.82, 2.24) is 10.3 Å². The summed E-state index contributed by atoms with van der Waals surface area (Å²) in [5.74, 6) is -0.0816. The lowest BCUT2D eigenvalue weighted by molar-refractivity contribution is -0.131. The van der Waals surface area contributed by atoms with Crippen LogP contribution in [0.15, 0.2) is 24.4 Å². The molecule has 1 amide bonds. The summed E-state index contributed by atoms with van der Waals surface area (Å²) in [6.45, 7) is 0.659. The molecule has 1 unspecified atom stereocenters. The largest absolute Gasteiger partial charge is 0.369 e. The summed E-state index contributed by atoms with van der Waals surface area (Å²) in [4.78, 5) is 15.1. The van der Waals surface area contributed by atoms with Crippen LogP contribution in [0.5, 0.6) is 0 Å². The highest BCUT2D eigenvalue weighted by Gasteiger charge is 2.20. The molecule has 1 saturated heterocycles. The summed E-state index contributed by atoms with van der Waals surface area (Å²) in [7, 11) is 0. The summed E-state index contributed by atoms with van der Waals surface area (Å²) in [5, 5.41) is 2.81. The normalized spacial score (nSPS) is 22.5. The second-order valence-corrected chi connectivity index (χ2v) is 2.89. The summed E-state index contributed by atoms with van der Waals surface area (Å²) in [6.07, 6.45) is 1.70. The third-order valence-electron chi connectivity index (χ3n) is 1.90. The fraction of sp³-hybridized carbons (Fsp3) is 0.333. The predicted octanol–water partition coefficient (Wildman–Crippen LogP) is 0.269. The van der Waals surface area contributed by atoms with Crippen LogP contribution in [0.2, 0.25) is 0 Å². The van der Waals surface area contributed by atoms with Gasteiger partial charge in [-0.05, 0) is 12.1 Å². The van der Waals surface area contributed by atoms with Gasteiger partial charge < -0.3 is 10.1 Å². The van der Waals surface area contributed by atoms with Crippen molar-refractivity contribution in [3.63, 3.8) is 0 Å². The topological polar surface area (TPSA) is 51.2 Å². The van der Waals surface area contributed by atoms with E-state index in [4.69, 9.17) is 4.74 Å². The van der Waals surface area contributed by atoms with E-state index in [2.05, 4.69) is 10.3 Å². The average Bonchev–Trinajstić information content (AvgIpc) is 2.19. The Bertz CT molecular complexity index is 300. The van der Waals surface area contributed by atoms with Crippen LogP contribution in [-0.4, -0.2) is 24.1 Å². The predicted molar refractivity (Wildman–Crippen MR) is 45.9 cm³/mol. The van der Waals surface area contributed by atoms with E-state index in [1.54, 1.807) is 6.20 Å². The summed E-state index contributed by atoms with van der Waals surface area (Å²) in [6, 6.07) is 5.51. The number of carbonyl (C=O) groups is 1. The van der Waals surface area contributed by atoms with E-state index in [1.165, 1.54) is 0 Å². The van der Waals surface area contributed by atoms with E-state index < -0.39 is 0 Å². The van der Waals surface area contributed by atoms with Crippen molar-refractivity contribution >= 4 is 5.91 Å². The Kier molecular flexibility index (Phi) is 2.23. The molecule has 2 heterocycles. The van der Waals surface area contributed by atoms with Gasteiger partial charge in [-0.3, -0.25) is 9.78 Å². The van der Waals surface area contributed by atoms with Gasteiger partial charge in [0.1, 0.15) is 6.61 Å². The molecule has 0 radical (unpaired) electrons. The van der Waals surface area contributed by atoms with Gasteiger partial charge in [0.2, 0.25) is 5.91 Å². The Balaban J connectivity index is 2.13. The number of hydrogen-bond acceptors (Lipinski definition) is 3. The SMILES string of the molecule is O=C1COCC(c2ccccn2)N1. The highest BCUT2D eigenvalue weighted by molar-refractivity contribution is 5.78. The van der Waals surface area contributed by atoms with E-state index >= 15 is 0 Å². The number of ether oxygens (including phenoxy) is 1. The zero-order valence-corrected chi connectivity index (χ0v) is 7.06. The molecule has 0 saturated carbocycles. The van der Waals surface area contributed by atoms with Crippen molar-refractivity contribution in [2.45, 2.75) is 6.04 Å². The number of amides is 1. The van der Waals surface area contributed by atoms with Gasteiger partial charge in [0, 0.05) is 6.20 Å². The molecular weight excluding hydrogens is 168 g/mol. The maximum atomic E-state index is 11.0. The molecule has 13 heavy (non-hydrogen) atoms. The second-order valence-electron chi connectivity index (χ2n) is 2.89. The average molecular weight is 178 g/mol. The quantitative estimate of drug-likeness (QED) is 0.671. The highest BCUT2D eigenvalue weighted by atomic mass is 16.5.